The molecule has 1 saturated heterocycles. The first-order valence-electron chi connectivity index (χ1n) is 5.67. The van der Waals surface area contributed by atoms with Crippen LogP contribution in [0, 0.1) is 0 Å². The standard InChI is InChI=1S/C11H16N4O2/c1-3-9-11(17)12-6-10(16)15(9)7-8-4-5-14(2)13-8/h4-5,9H,3,6-7H2,1-2H3,(H,12,17). The Morgan fingerprint density at radius 1 is 1.53 bits per heavy atom. The molecule has 1 aliphatic heterocycles. The van der Waals surface area contributed by atoms with E-state index in [0.717, 1.165) is 5.69 Å². The molecule has 1 fully saturated rings. The number of piperazine rings is 1. The van der Waals surface area contributed by atoms with E-state index in [4.69, 9.17) is 0 Å². The molecular formula is C11H16N4O2. The maximum atomic E-state index is 11.8. The van der Waals surface area contributed by atoms with Crippen molar-refractivity contribution in [2.24, 2.45) is 7.05 Å². The van der Waals surface area contributed by atoms with E-state index < -0.39 is 0 Å². The van der Waals surface area contributed by atoms with Crippen LogP contribution in [0.25, 0.3) is 0 Å². The smallest absolute Gasteiger partial charge is 0.243 e. The number of hydrogen-bond donors (Lipinski definition) is 1. The van der Waals surface area contributed by atoms with Gasteiger partial charge in [-0.15, -0.1) is 0 Å². The molecule has 6 nitrogen and oxygen atoms in total. The number of carbonyl (C=O) groups excluding carboxylic acids is 2. The molecule has 2 heterocycles. The Bertz CT molecular complexity index is 440. The SMILES string of the molecule is CCC1C(=O)NCC(=O)N1Cc1ccn(C)n1. The Morgan fingerprint density at radius 2 is 2.29 bits per heavy atom. The van der Waals surface area contributed by atoms with Gasteiger partial charge in [-0.05, 0) is 12.5 Å². The zero-order chi connectivity index (χ0) is 12.4. The van der Waals surface area contributed by atoms with Crippen LogP contribution in [0.3, 0.4) is 0 Å². The van der Waals surface area contributed by atoms with Crippen LogP contribution >= 0.6 is 0 Å². The molecular weight excluding hydrogens is 220 g/mol. The van der Waals surface area contributed by atoms with Crippen molar-refractivity contribution in [3.05, 3.63) is 18.0 Å². The topological polar surface area (TPSA) is 67.2 Å². The predicted octanol–water partition coefficient (Wildman–Crippen LogP) is -0.343. The Labute approximate surface area is 99.6 Å². The van der Waals surface area contributed by atoms with E-state index in [0.29, 0.717) is 13.0 Å². The molecule has 0 spiro atoms. The maximum absolute atomic E-state index is 11.8. The lowest BCUT2D eigenvalue weighted by atomic mass is 10.1. The van der Waals surface area contributed by atoms with Crippen molar-refractivity contribution >= 4 is 11.8 Å². The summed E-state index contributed by atoms with van der Waals surface area (Å²) in [6, 6.07) is 1.48. The molecule has 0 radical (unpaired) electrons. The van der Waals surface area contributed by atoms with Crippen molar-refractivity contribution in [2.75, 3.05) is 6.54 Å². The van der Waals surface area contributed by atoms with Crippen molar-refractivity contribution in [1.29, 1.82) is 0 Å². The van der Waals surface area contributed by atoms with Crippen LogP contribution in [0.1, 0.15) is 19.0 Å². The third kappa shape index (κ3) is 2.30. The van der Waals surface area contributed by atoms with Gasteiger partial charge in [0.2, 0.25) is 11.8 Å². The minimum Gasteiger partial charge on any atom is -0.345 e. The summed E-state index contributed by atoms with van der Waals surface area (Å²) in [6.07, 6.45) is 2.44. The first-order chi connectivity index (χ1) is 8.11. The maximum Gasteiger partial charge on any atom is 0.243 e. The van der Waals surface area contributed by atoms with Crippen molar-refractivity contribution in [1.82, 2.24) is 20.0 Å². The van der Waals surface area contributed by atoms with Crippen LogP contribution in [0.2, 0.25) is 0 Å². The van der Waals surface area contributed by atoms with Crippen LogP contribution in [0.4, 0.5) is 0 Å². The third-order valence-electron chi connectivity index (χ3n) is 2.90. The number of aryl methyl sites for hydroxylation is 1. The number of amides is 2. The summed E-state index contributed by atoms with van der Waals surface area (Å²) in [7, 11) is 1.82. The fourth-order valence-electron chi connectivity index (χ4n) is 2.02. The summed E-state index contributed by atoms with van der Waals surface area (Å²) in [5, 5.41) is 6.82. The van der Waals surface area contributed by atoms with E-state index in [1.54, 1.807) is 9.58 Å². The van der Waals surface area contributed by atoms with E-state index in [9.17, 15) is 9.59 Å². The average Bonchev–Trinajstić information content (AvgIpc) is 2.70. The molecule has 1 aromatic rings. The van der Waals surface area contributed by atoms with Crippen molar-refractivity contribution in [3.63, 3.8) is 0 Å². The van der Waals surface area contributed by atoms with Gasteiger partial charge < -0.3 is 10.2 Å². The van der Waals surface area contributed by atoms with Crippen LogP contribution in [-0.4, -0.2) is 39.1 Å². The molecule has 1 aliphatic rings. The van der Waals surface area contributed by atoms with E-state index in [1.165, 1.54) is 0 Å². The second-order valence-corrected chi connectivity index (χ2v) is 4.14. The predicted molar refractivity (Wildman–Crippen MR) is 60.8 cm³/mol. The normalized spacial score (nSPS) is 20.6. The second-order valence-electron chi connectivity index (χ2n) is 4.14. The quantitative estimate of drug-likeness (QED) is 0.780. The lowest BCUT2D eigenvalue weighted by Crippen LogP contribution is -2.57. The molecule has 1 N–H and O–H groups in total. The average molecular weight is 236 g/mol. The van der Waals surface area contributed by atoms with Gasteiger partial charge in [0.1, 0.15) is 6.04 Å². The van der Waals surface area contributed by atoms with Gasteiger partial charge in [-0.2, -0.15) is 5.10 Å². The van der Waals surface area contributed by atoms with Crippen molar-refractivity contribution in [3.8, 4) is 0 Å². The highest BCUT2D eigenvalue weighted by molar-refractivity contribution is 5.94. The van der Waals surface area contributed by atoms with E-state index in [1.807, 2.05) is 26.2 Å². The lowest BCUT2D eigenvalue weighted by molar-refractivity contribution is -0.146. The van der Waals surface area contributed by atoms with Crippen LogP contribution in [-0.2, 0) is 23.2 Å². The second kappa shape index (κ2) is 4.57. The summed E-state index contributed by atoms with van der Waals surface area (Å²) in [4.78, 5) is 25.0. The van der Waals surface area contributed by atoms with Gasteiger partial charge in [0.05, 0.1) is 18.8 Å². The fraction of sp³-hybridized carbons (Fsp3) is 0.545. The Kier molecular flexibility index (Phi) is 3.12. The molecule has 2 rings (SSSR count). The van der Waals surface area contributed by atoms with E-state index >= 15 is 0 Å². The van der Waals surface area contributed by atoms with Crippen LogP contribution < -0.4 is 5.32 Å². The fourth-order valence-corrected chi connectivity index (χ4v) is 2.02. The van der Waals surface area contributed by atoms with Crippen LogP contribution in [0.15, 0.2) is 12.3 Å². The number of nitrogens with one attached hydrogen (secondary N) is 1. The first kappa shape index (κ1) is 11.6. The monoisotopic (exact) mass is 236 g/mol. The summed E-state index contributed by atoms with van der Waals surface area (Å²) < 4.78 is 1.69. The van der Waals surface area contributed by atoms with Gasteiger partial charge in [-0.25, -0.2) is 0 Å². The highest BCUT2D eigenvalue weighted by atomic mass is 16.2. The minimum absolute atomic E-state index is 0.0536. The molecule has 0 aromatic carbocycles. The van der Waals surface area contributed by atoms with Gasteiger partial charge in [0.15, 0.2) is 0 Å². The van der Waals surface area contributed by atoms with Gasteiger partial charge in [0, 0.05) is 13.2 Å². The molecule has 92 valence electrons. The molecule has 2 amide bonds. The zero-order valence-corrected chi connectivity index (χ0v) is 10.0. The number of nitrogens with zero attached hydrogens (tertiary/aromatic N) is 3. The molecule has 17 heavy (non-hydrogen) atoms. The molecule has 0 saturated carbocycles. The highest BCUT2D eigenvalue weighted by Crippen LogP contribution is 2.13. The summed E-state index contributed by atoms with van der Waals surface area (Å²) in [5.41, 5.74) is 0.800. The van der Waals surface area contributed by atoms with Crippen molar-refractivity contribution < 1.29 is 9.59 Å². The Morgan fingerprint density at radius 3 is 2.88 bits per heavy atom. The molecule has 1 atom stereocenters. The summed E-state index contributed by atoms with van der Waals surface area (Å²) in [5.74, 6) is -0.134. The summed E-state index contributed by atoms with van der Waals surface area (Å²) >= 11 is 0. The number of rotatable bonds is 3. The van der Waals surface area contributed by atoms with E-state index in [2.05, 4.69) is 10.4 Å². The van der Waals surface area contributed by atoms with Gasteiger partial charge >= 0.3 is 0 Å². The first-order valence-corrected chi connectivity index (χ1v) is 5.67. The Hall–Kier alpha value is -1.85. The van der Waals surface area contributed by atoms with Crippen LogP contribution in [0.5, 0.6) is 0 Å². The molecule has 1 aromatic heterocycles. The Balaban J connectivity index is 2.15. The van der Waals surface area contributed by atoms with Gasteiger partial charge in [0.25, 0.3) is 0 Å². The highest BCUT2D eigenvalue weighted by Gasteiger charge is 2.33. The number of aromatic nitrogens is 2. The van der Waals surface area contributed by atoms with Gasteiger partial charge in [-0.1, -0.05) is 6.92 Å². The number of hydrogen-bond acceptors (Lipinski definition) is 3. The van der Waals surface area contributed by atoms with Crippen molar-refractivity contribution in [2.45, 2.75) is 25.9 Å². The van der Waals surface area contributed by atoms with E-state index in [-0.39, 0.29) is 24.4 Å². The minimum atomic E-state index is -0.377. The third-order valence-corrected chi connectivity index (χ3v) is 2.90. The van der Waals surface area contributed by atoms with Gasteiger partial charge in [-0.3, -0.25) is 14.3 Å². The lowest BCUT2D eigenvalue weighted by Gasteiger charge is -2.33. The summed E-state index contributed by atoms with van der Waals surface area (Å²) in [6.45, 7) is 2.38. The molecule has 1 unspecified atom stereocenters. The molecule has 6 heteroatoms. The molecule has 0 bridgehead atoms. The zero-order valence-electron chi connectivity index (χ0n) is 10.0. The number of carbonyl (C=O) groups is 2. The largest absolute Gasteiger partial charge is 0.345 e. The molecule has 0 aliphatic carbocycles.